The number of carbonyl (C=O) groups is 1. The minimum absolute atomic E-state index is 0.0353. The summed E-state index contributed by atoms with van der Waals surface area (Å²) in [5.74, 6) is 2.20. The van der Waals surface area contributed by atoms with Crippen LogP contribution in [0.15, 0.2) is 36.4 Å². The summed E-state index contributed by atoms with van der Waals surface area (Å²) >= 11 is 12.9. The molecule has 1 unspecified atom stereocenters. The number of benzene rings is 2. The molecule has 0 radical (unpaired) electrons. The number of fused-ring (bicyclic) bond motifs is 3. The predicted molar refractivity (Wildman–Crippen MR) is 165 cm³/mol. The van der Waals surface area contributed by atoms with E-state index in [0.29, 0.717) is 39.1 Å². The van der Waals surface area contributed by atoms with Crippen LogP contribution in [0.25, 0.3) is 0 Å². The van der Waals surface area contributed by atoms with E-state index in [1.807, 2.05) is 23.1 Å². The molecule has 7 rings (SSSR count). The Morgan fingerprint density at radius 1 is 0.902 bits per heavy atom. The van der Waals surface area contributed by atoms with Gasteiger partial charge in [-0.05, 0) is 66.5 Å². The van der Waals surface area contributed by atoms with Crippen LogP contribution in [-0.4, -0.2) is 68.8 Å². The number of likely N-dealkylation sites (tertiary alicyclic amines) is 1. The van der Waals surface area contributed by atoms with E-state index in [-0.39, 0.29) is 11.3 Å². The summed E-state index contributed by atoms with van der Waals surface area (Å²) < 4.78 is 12.1. The Balaban J connectivity index is 1.20. The van der Waals surface area contributed by atoms with Gasteiger partial charge in [0.15, 0.2) is 11.5 Å². The van der Waals surface area contributed by atoms with Crippen LogP contribution in [0.1, 0.15) is 80.1 Å². The van der Waals surface area contributed by atoms with Crippen LogP contribution in [0.2, 0.25) is 10.0 Å². The molecule has 0 spiro atoms. The Kier molecular flexibility index (Phi) is 8.26. The first-order valence-electron chi connectivity index (χ1n) is 15.6. The summed E-state index contributed by atoms with van der Waals surface area (Å²) in [6.45, 7) is 6.54. The van der Waals surface area contributed by atoms with Crippen LogP contribution in [-0.2, 0) is 5.41 Å². The van der Waals surface area contributed by atoms with Crippen LogP contribution < -0.4 is 9.47 Å². The molecule has 5 nitrogen and oxygen atoms in total. The van der Waals surface area contributed by atoms with E-state index in [1.54, 1.807) is 20.3 Å². The second-order valence-corrected chi connectivity index (χ2v) is 14.2. The standard InChI is InChI=1S/C34H45Cl2N2O3/c1-40-30-11-8-25(22-31(30)41-2)32(39)37-17-12-34(24-37,27-9-10-28(35)29(36)23-27)16-21-38-18-13-33(14-19-38,15-20-38)26-6-4-3-5-7-26/h8-11,22-23,26H,3-7,12-21,24H2,1-2H3/q+1. The second-order valence-electron chi connectivity index (χ2n) is 13.4. The van der Waals surface area contributed by atoms with Gasteiger partial charge in [0, 0.05) is 49.8 Å². The molecule has 1 saturated carbocycles. The largest absolute Gasteiger partial charge is 0.493 e. The van der Waals surface area contributed by atoms with Crippen LogP contribution in [0.3, 0.4) is 0 Å². The molecule has 7 heteroatoms. The summed E-state index contributed by atoms with van der Waals surface area (Å²) in [7, 11) is 3.21. The number of hydrogen-bond acceptors (Lipinski definition) is 3. The normalized spacial score (nSPS) is 30.0. The number of hydrogen-bond donors (Lipinski definition) is 0. The van der Waals surface area contributed by atoms with Gasteiger partial charge in [-0.25, -0.2) is 0 Å². The van der Waals surface area contributed by atoms with Gasteiger partial charge < -0.3 is 18.9 Å². The molecule has 0 aromatic heterocycles. The first kappa shape index (κ1) is 29.1. The molecule has 222 valence electrons. The topological polar surface area (TPSA) is 38.8 Å². The molecule has 4 aliphatic heterocycles. The summed E-state index contributed by atoms with van der Waals surface area (Å²) in [5.41, 5.74) is 2.32. The number of halogens is 2. The van der Waals surface area contributed by atoms with Gasteiger partial charge in [0.1, 0.15) is 0 Å². The third-order valence-corrected chi connectivity index (χ3v) is 12.3. The number of nitrogens with zero attached hydrogens (tertiary/aromatic N) is 2. The van der Waals surface area contributed by atoms with Gasteiger partial charge in [-0.1, -0.05) is 48.5 Å². The van der Waals surface area contributed by atoms with Crippen LogP contribution in [0.4, 0.5) is 0 Å². The van der Waals surface area contributed by atoms with Crippen LogP contribution in [0, 0.1) is 11.3 Å². The minimum atomic E-state index is -0.136. The van der Waals surface area contributed by atoms with Crippen molar-refractivity contribution in [2.45, 2.75) is 69.6 Å². The van der Waals surface area contributed by atoms with E-state index >= 15 is 0 Å². The molecule has 2 bridgehead atoms. The molecule has 4 heterocycles. The highest BCUT2D eigenvalue weighted by atomic mass is 35.5. The number of carbonyl (C=O) groups excluding carboxylic acids is 1. The maximum Gasteiger partial charge on any atom is 0.254 e. The molecule has 4 saturated heterocycles. The molecule has 5 aliphatic rings. The van der Waals surface area contributed by atoms with Gasteiger partial charge >= 0.3 is 0 Å². The Labute approximate surface area is 255 Å². The zero-order chi connectivity index (χ0) is 28.7. The molecular weight excluding hydrogens is 555 g/mol. The fourth-order valence-corrected chi connectivity index (χ4v) is 9.11. The molecule has 5 fully saturated rings. The van der Waals surface area contributed by atoms with E-state index in [0.717, 1.165) is 25.3 Å². The molecule has 2 aromatic rings. The first-order chi connectivity index (χ1) is 19.8. The predicted octanol–water partition coefficient (Wildman–Crippen LogP) is 7.77. The van der Waals surface area contributed by atoms with Gasteiger partial charge in [0.2, 0.25) is 0 Å². The lowest BCUT2D eigenvalue weighted by Crippen LogP contribution is -2.64. The third-order valence-electron chi connectivity index (χ3n) is 11.6. The number of methoxy groups -OCH3 is 2. The highest BCUT2D eigenvalue weighted by molar-refractivity contribution is 6.42. The molecule has 0 N–H and O–H groups in total. The van der Waals surface area contributed by atoms with Crippen molar-refractivity contribution < 1.29 is 18.8 Å². The average Bonchev–Trinajstić information content (AvgIpc) is 3.48. The van der Waals surface area contributed by atoms with Crippen molar-refractivity contribution in [3.63, 3.8) is 0 Å². The highest BCUT2D eigenvalue weighted by Gasteiger charge is 2.53. The third kappa shape index (κ3) is 5.47. The van der Waals surface area contributed by atoms with Gasteiger partial charge in [-0.3, -0.25) is 4.79 Å². The first-order valence-corrected chi connectivity index (χ1v) is 16.4. The summed E-state index contributed by atoms with van der Waals surface area (Å²) in [6.07, 6.45) is 13.4. The molecular formula is C34H45Cl2N2O3+. The smallest absolute Gasteiger partial charge is 0.254 e. The molecule has 41 heavy (non-hydrogen) atoms. The summed E-state index contributed by atoms with van der Waals surface area (Å²) in [6, 6.07) is 11.5. The van der Waals surface area contributed by atoms with Crippen LogP contribution >= 0.6 is 23.2 Å². The van der Waals surface area contributed by atoms with Gasteiger partial charge in [0.25, 0.3) is 5.91 Å². The maximum absolute atomic E-state index is 13.8. The highest BCUT2D eigenvalue weighted by Crippen LogP contribution is 2.53. The molecule has 1 aliphatic carbocycles. The molecule has 1 atom stereocenters. The second kappa shape index (κ2) is 11.6. The van der Waals surface area contributed by atoms with Gasteiger partial charge in [-0.15, -0.1) is 0 Å². The Bertz CT molecular complexity index is 1250. The fraction of sp³-hybridized carbons (Fsp3) is 0.618. The van der Waals surface area contributed by atoms with E-state index in [1.165, 1.54) is 87.6 Å². The SMILES string of the molecule is COc1ccc(C(=O)N2CCC(CC[N+]34CCC(C5CCCCC5)(CC3)CC4)(c3ccc(Cl)c(Cl)c3)C2)cc1OC. The zero-order valence-corrected chi connectivity index (χ0v) is 26.2. The lowest BCUT2D eigenvalue weighted by atomic mass is 9.59. The lowest BCUT2D eigenvalue weighted by Gasteiger charge is -2.58. The zero-order valence-electron chi connectivity index (χ0n) is 24.7. The maximum atomic E-state index is 13.8. The van der Waals surface area contributed by atoms with Crippen molar-refractivity contribution >= 4 is 29.1 Å². The van der Waals surface area contributed by atoms with Crippen molar-refractivity contribution in [3.8, 4) is 11.5 Å². The van der Waals surface area contributed by atoms with E-state index in [2.05, 4.69) is 12.1 Å². The molecule has 1 amide bonds. The monoisotopic (exact) mass is 599 g/mol. The number of amides is 1. The van der Waals surface area contributed by atoms with E-state index in [4.69, 9.17) is 32.7 Å². The van der Waals surface area contributed by atoms with Crippen molar-refractivity contribution in [1.82, 2.24) is 4.90 Å². The van der Waals surface area contributed by atoms with Crippen molar-refractivity contribution in [2.24, 2.45) is 11.3 Å². The number of rotatable bonds is 8. The molecule has 2 aromatic carbocycles. The van der Waals surface area contributed by atoms with E-state index < -0.39 is 0 Å². The lowest BCUT2D eigenvalue weighted by molar-refractivity contribution is -0.946. The van der Waals surface area contributed by atoms with Crippen molar-refractivity contribution in [1.29, 1.82) is 0 Å². The Hall–Kier alpha value is -1.95. The fourth-order valence-electron chi connectivity index (χ4n) is 8.81. The quantitative estimate of drug-likeness (QED) is 0.291. The van der Waals surface area contributed by atoms with Gasteiger partial charge in [0.05, 0.1) is 50.4 Å². The average molecular weight is 601 g/mol. The van der Waals surface area contributed by atoms with Crippen molar-refractivity contribution in [3.05, 3.63) is 57.6 Å². The van der Waals surface area contributed by atoms with Crippen molar-refractivity contribution in [2.75, 3.05) is 53.5 Å². The Morgan fingerprint density at radius 3 is 2.27 bits per heavy atom. The summed E-state index contributed by atoms with van der Waals surface area (Å²) in [4.78, 5) is 15.8. The van der Waals surface area contributed by atoms with Crippen LogP contribution in [0.5, 0.6) is 11.5 Å². The number of quaternary nitrogens is 1. The van der Waals surface area contributed by atoms with Gasteiger partial charge in [-0.2, -0.15) is 0 Å². The number of piperidine rings is 3. The summed E-state index contributed by atoms with van der Waals surface area (Å²) in [5, 5.41) is 1.17. The number of ether oxygens (including phenoxy) is 2. The van der Waals surface area contributed by atoms with E-state index in [9.17, 15) is 4.79 Å². The Morgan fingerprint density at radius 2 is 1.61 bits per heavy atom. The minimum Gasteiger partial charge on any atom is -0.493 e.